The predicted molar refractivity (Wildman–Crippen MR) is 92.7 cm³/mol. The second kappa shape index (κ2) is 6.71. The van der Waals surface area contributed by atoms with E-state index < -0.39 is 35.5 Å². The summed E-state index contributed by atoms with van der Waals surface area (Å²) < 4.78 is 51.7. The third-order valence-electron chi connectivity index (χ3n) is 3.62. The number of amides is 2. The molecule has 0 aliphatic carbocycles. The molecule has 3 rings (SSSR count). The zero-order chi connectivity index (χ0) is 19.8. The zero-order valence-corrected chi connectivity index (χ0v) is 13.9. The summed E-state index contributed by atoms with van der Waals surface area (Å²) in [5, 5.41) is 6.28. The fourth-order valence-electron chi connectivity index (χ4n) is 2.42. The third kappa shape index (κ3) is 4.05. The molecule has 0 saturated carbocycles. The minimum atomic E-state index is -5.08. The van der Waals surface area contributed by atoms with Gasteiger partial charge in [-0.05, 0) is 29.8 Å². The van der Waals surface area contributed by atoms with Crippen molar-refractivity contribution in [3.8, 4) is 0 Å². The first-order chi connectivity index (χ1) is 12.6. The van der Waals surface area contributed by atoms with Crippen molar-refractivity contribution in [1.82, 2.24) is 9.97 Å². The van der Waals surface area contributed by atoms with Crippen LogP contribution in [0.15, 0.2) is 36.4 Å². The topological polar surface area (TPSA) is 92.9 Å². The number of hydrogen-bond donors (Lipinski definition) is 3. The molecule has 6 nitrogen and oxygen atoms in total. The summed E-state index contributed by atoms with van der Waals surface area (Å²) in [6.45, 7) is 1.92. The Morgan fingerprint density at radius 1 is 1.04 bits per heavy atom. The Kier molecular flexibility index (Phi) is 4.56. The number of aryl methyl sites for hydroxylation is 1. The molecule has 0 fully saturated rings. The number of hydrogen-bond acceptors (Lipinski definition) is 4. The normalized spacial score (nSPS) is 11.4. The monoisotopic (exact) mass is 379 g/mol. The Morgan fingerprint density at radius 3 is 2.44 bits per heavy atom. The standard InChI is InChI=1S/C17H13F4N5O/c1-8-2-3-9-4-5-11(7-10(9)6-8)23-16(27)26-15-24-13(17(19,20)21)12(18)14(22)25-15/h2-7H,1H3,(H4,22,23,24,25,26,27). The van der Waals surface area contributed by atoms with Crippen LogP contribution in [0, 0.1) is 12.7 Å². The van der Waals surface area contributed by atoms with Crippen molar-refractivity contribution in [2.75, 3.05) is 16.4 Å². The number of carbonyl (C=O) groups excluding carboxylic acids is 1. The van der Waals surface area contributed by atoms with Gasteiger partial charge in [-0.25, -0.2) is 14.2 Å². The number of nitrogens with zero attached hydrogens (tertiary/aromatic N) is 2. The first kappa shape index (κ1) is 18.4. The lowest BCUT2D eigenvalue weighted by atomic mass is 10.1. The number of alkyl halides is 3. The average Bonchev–Trinajstić information content (AvgIpc) is 2.56. The number of aromatic nitrogens is 2. The van der Waals surface area contributed by atoms with E-state index in [4.69, 9.17) is 5.73 Å². The van der Waals surface area contributed by atoms with Gasteiger partial charge in [0.15, 0.2) is 17.3 Å². The van der Waals surface area contributed by atoms with Crippen LogP contribution in [0.5, 0.6) is 0 Å². The van der Waals surface area contributed by atoms with Crippen LogP contribution in [0.3, 0.4) is 0 Å². The summed E-state index contributed by atoms with van der Waals surface area (Å²) in [5.74, 6) is -3.58. The number of fused-ring (bicyclic) bond motifs is 1. The van der Waals surface area contributed by atoms with Crippen LogP contribution in [0.25, 0.3) is 10.8 Å². The Hall–Kier alpha value is -3.43. The molecule has 27 heavy (non-hydrogen) atoms. The first-order valence-electron chi connectivity index (χ1n) is 7.62. The van der Waals surface area contributed by atoms with Crippen LogP contribution in [0.1, 0.15) is 11.3 Å². The molecular formula is C17H13F4N5O. The maximum Gasteiger partial charge on any atom is 0.436 e. The van der Waals surface area contributed by atoms with E-state index in [9.17, 15) is 22.4 Å². The molecule has 3 aromatic rings. The van der Waals surface area contributed by atoms with Gasteiger partial charge in [-0.15, -0.1) is 0 Å². The first-order valence-corrected chi connectivity index (χ1v) is 7.62. The highest BCUT2D eigenvalue weighted by Crippen LogP contribution is 2.32. The van der Waals surface area contributed by atoms with Gasteiger partial charge in [0, 0.05) is 5.69 Å². The van der Waals surface area contributed by atoms with Gasteiger partial charge in [0.2, 0.25) is 5.95 Å². The number of rotatable bonds is 2. The highest BCUT2D eigenvalue weighted by Gasteiger charge is 2.38. The lowest BCUT2D eigenvalue weighted by Crippen LogP contribution is -2.23. The second-order valence-electron chi connectivity index (χ2n) is 5.74. The SMILES string of the molecule is Cc1ccc2ccc(NC(=O)Nc3nc(N)c(F)c(C(F)(F)F)n3)cc2c1. The van der Waals surface area contributed by atoms with Crippen LogP contribution < -0.4 is 16.4 Å². The Labute approximate surface area is 150 Å². The van der Waals surface area contributed by atoms with Gasteiger partial charge in [0.1, 0.15) is 0 Å². The van der Waals surface area contributed by atoms with E-state index in [1.807, 2.05) is 30.4 Å². The van der Waals surface area contributed by atoms with E-state index in [2.05, 4.69) is 15.3 Å². The van der Waals surface area contributed by atoms with Gasteiger partial charge in [0.05, 0.1) is 0 Å². The van der Waals surface area contributed by atoms with Gasteiger partial charge in [-0.3, -0.25) is 5.32 Å². The minimum Gasteiger partial charge on any atom is -0.381 e. The quantitative estimate of drug-likeness (QED) is 0.578. The summed E-state index contributed by atoms with van der Waals surface area (Å²) in [5.41, 5.74) is 4.70. The van der Waals surface area contributed by atoms with Crippen LogP contribution in [0.4, 0.5) is 39.8 Å². The number of nitrogens with one attached hydrogen (secondary N) is 2. The summed E-state index contributed by atoms with van der Waals surface area (Å²) >= 11 is 0. The van der Waals surface area contributed by atoms with Crippen LogP contribution >= 0.6 is 0 Å². The number of nitrogens with two attached hydrogens (primary N) is 1. The van der Waals surface area contributed by atoms with Crippen molar-refractivity contribution in [2.45, 2.75) is 13.1 Å². The highest BCUT2D eigenvalue weighted by atomic mass is 19.4. The number of anilines is 3. The molecule has 0 aliphatic heterocycles. The molecule has 0 unspecified atom stereocenters. The van der Waals surface area contributed by atoms with Crippen LogP contribution in [-0.4, -0.2) is 16.0 Å². The van der Waals surface area contributed by atoms with Gasteiger partial charge in [0.25, 0.3) is 0 Å². The molecule has 0 spiro atoms. The van der Waals surface area contributed by atoms with Crippen molar-refractivity contribution in [3.63, 3.8) is 0 Å². The lowest BCUT2D eigenvalue weighted by Gasteiger charge is -2.11. The fourth-order valence-corrected chi connectivity index (χ4v) is 2.42. The molecule has 2 amide bonds. The molecule has 0 bridgehead atoms. The molecular weight excluding hydrogens is 366 g/mol. The van der Waals surface area contributed by atoms with E-state index in [0.29, 0.717) is 5.69 Å². The Balaban J connectivity index is 1.81. The predicted octanol–water partition coefficient (Wildman–Crippen LogP) is 4.32. The molecule has 10 heteroatoms. The summed E-state index contributed by atoms with van der Waals surface area (Å²) in [6.07, 6.45) is -5.08. The molecule has 0 saturated heterocycles. The molecule has 4 N–H and O–H groups in total. The Morgan fingerprint density at radius 2 is 1.74 bits per heavy atom. The molecule has 2 aromatic carbocycles. The van der Waals surface area contributed by atoms with E-state index >= 15 is 0 Å². The zero-order valence-electron chi connectivity index (χ0n) is 13.9. The van der Waals surface area contributed by atoms with Crippen molar-refractivity contribution in [2.24, 2.45) is 0 Å². The van der Waals surface area contributed by atoms with Crippen LogP contribution in [-0.2, 0) is 6.18 Å². The van der Waals surface area contributed by atoms with E-state index in [0.717, 1.165) is 16.3 Å². The van der Waals surface area contributed by atoms with Gasteiger partial charge < -0.3 is 11.1 Å². The molecule has 1 aromatic heterocycles. The minimum absolute atomic E-state index is 0.400. The van der Waals surface area contributed by atoms with Crippen molar-refractivity contribution in [3.05, 3.63) is 53.5 Å². The largest absolute Gasteiger partial charge is 0.436 e. The second-order valence-corrected chi connectivity index (χ2v) is 5.74. The molecule has 0 atom stereocenters. The number of carbonyl (C=O) groups is 1. The average molecular weight is 379 g/mol. The van der Waals surface area contributed by atoms with Crippen molar-refractivity contribution in [1.29, 1.82) is 0 Å². The third-order valence-corrected chi connectivity index (χ3v) is 3.62. The fraction of sp³-hybridized carbons (Fsp3) is 0.118. The summed E-state index contributed by atoms with van der Waals surface area (Å²) in [7, 11) is 0. The van der Waals surface area contributed by atoms with Gasteiger partial charge >= 0.3 is 12.2 Å². The molecule has 140 valence electrons. The molecule has 1 heterocycles. The van der Waals surface area contributed by atoms with Crippen LogP contribution in [0.2, 0.25) is 0 Å². The highest BCUT2D eigenvalue weighted by molar-refractivity contribution is 6.00. The number of urea groups is 1. The van der Waals surface area contributed by atoms with E-state index in [1.165, 1.54) is 0 Å². The maximum absolute atomic E-state index is 13.4. The van der Waals surface area contributed by atoms with Gasteiger partial charge in [-0.2, -0.15) is 18.2 Å². The lowest BCUT2D eigenvalue weighted by molar-refractivity contribution is -0.143. The number of halogens is 4. The number of nitrogen functional groups attached to an aromatic ring is 1. The van der Waals surface area contributed by atoms with Gasteiger partial charge in [-0.1, -0.05) is 29.8 Å². The number of benzene rings is 2. The molecule has 0 aliphatic rings. The van der Waals surface area contributed by atoms with Crippen molar-refractivity contribution >= 4 is 34.3 Å². The summed E-state index contributed by atoms with van der Waals surface area (Å²) in [6, 6.07) is 9.97. The summed E-state index contributed by atoms with van der Waals surface area (Å²) in [4.78, 5) is 18.3. The van der Waals surface area contributed by atoms with Crippen molar-refractivity contribution < 1.29 is 22.4 Å². The Bertz CT molecular complexity index is 1040. The smallest absolute Gasteiger partial charge is 0.381 e. The van der Waals surface area contributed by atoms with E-state index in [1.54, 1.807) is 18.2 Å². The van der Waals surface area contributed by atoms with E-state index in [-0.39, 0.29) is 0 Å². The maximum atomic E-state index is 13.4. The molecule has 0 radical (unpaired) electrons.